The Labute approximate surface area is 193 Å². The number of para-hydroxylation sites is 1. The average Bonchev–Trinajstić information content (AvgIpc) is 3.19. The monoisotopic (exact) mass is 479 g/mol. The fraction of sp³-hybridized carbons (Fsp3) is 0. The number of nitrogens with zero attached hydrogens (tertiary/aromatic N) is 1. The molecule has 0 N–H and O–H groups in total. The Balaban J connectivity index is 1.62. The fourth-order valence-corrected chi connectivity index (χ4v) is 6.02. The summed E-state index contributed by atoms with van der Waals surface area (Å²) < 4.78 is 3.73. The molecule has 1 aromatic heterocycles. The predicted octanol–water partition coefficient (Wildman–Crippen LogP) is 9.44. The number of hydrogen-bond acceptors (Lipinski definition) is 2. The van der Waals surface area contributed by atoms with Crippen LogP contribution in [0.3, 0.4) is 0 Å². The van der Waals surface area contributed by atoms with Crippen LogP contribution in [0.1, 0.15) is 0 Å². The third-order valence-corrected chi connectivity index (χ3v) is 7.79. The third kappa shape index (κ3) is 3.21. The highest BCUT2D eigenvalue weighted by atomic mass is 79.9. The van der Waals surface area contributed by atoms with Crippen LogP contribution in [0, 0.1) is 0 Å². The highest BCUT2D eigenvalue weighted by Crippen LogP contribution is 2.44. The number of thiophene rings is 1. The summed E-state index contributed by atoms with van der Waals surface area (Å²) in [5.41, 5.74) is 3.43. The minimum atomic E-state index is 1.13. The highest BCUT2D eigenvalue weighted by molar-refractivity contribution is 9.10. The van der Waals surface area contributed by atoms with Crippen LogP contribution in [0.5, 0.6) is 0 Å². The molecule has 1 heterocycles. The number of rotatable bonds is 3. The Morgan fingerprint density at radius 2 is 1.29 bits per heavy atom. The summed E-state index contributed by atoms with van der Waals surface area (Å²) in [6.45, 7) is 0. The van der Waals surface area contributed by atoms with E-state index in [4.69, 9.17) is 0 Å². The smallest absolute Gasteiger partial charge is 0.0499 e. The second kappa shape index (κ2) is 7.52. The van der Waals surface area contributed by atoms with Crippen molar-refractivity contribution in [1.29, 1.82) is 0 Å². The fourth-order valence-electron chi connectivity index (χ4n) is 4.24. The van der Waals surface area contributed by atoms with E-state index in [2.05, 4.69) is 130 Å². The van der Waals surface area contributed by atoms with E-state index in [0.717, 1.165) is 21.5 Å². The van der Waals surface area contributed by atoms with Gasteiger partial charge >= 0.3 is 0 Å². The molecule has 5 aromatic carbocycles. The molecule has 0 saturated heterocycles. The molecule has 148 valence electrons. The molecule has 6 rings (SSSR count). The number of halogens is 1. The molecule has 31 heavy (non-hydrogen) atoms. The van der Waals surface area contributed by atoms with Crippen LogP contribution in [0.15, 0.2) is 114 Å². The van der Waals surface area contributed by atoms with Crippen molar-refractivity contribution in [2.45, 2.75) is 0 Å². The maximum atomic E-state index is 3.86. The number of fused-ring (bicyclic) bond motifs is 4. The van der Waals surface area contributed by atoms with Crippen LogP contribution >= 0.6 is 27.3 Å². The number of hydrogen-bond donors (Lipinski definition) is 0. The van der Waals surface area contributed by atoms with Gasteiger partial charge in [-0.15, -0.1) is 11.3 Å². The summed E-state index contributed by atoms with van der Waals surface area (Å²) in [5, 5.41) is 5.07. The average molecular weight is 480 g/mol. The Morgan fingerprint density at radius 1 is 0.548 bits per heavy atom. The van der Waals surface area contributed by atoms with Gasteiger partial charge < -0.3 is 4.90 Å². The van der Waals surface area contributed by atoms with E-state index in [1.165, 1.54) is 30.9 Å². The van der Waals surface area contributed by atoms with Crippen LogP contribution in [0.25, 0.3) is 30.9 Å². The van der Waals surface area contributed by atoms with Crippen molar-refractivity contribution in [3.63, 3.8) is 0 Å². The molecule has 0 saturated carbocycles. The molecule has 1 nitrogen and oxygen atoms in total. The molecule has 0 atom stereocenters. The lowest BCUT2D eigenvalue weighted by Crippen LogP contribution is -2.09. The molecule has 6 aromatic rings. The summed E-state index contributed by atoms with van der Waals surface area (Å²) in [5.74, 6) is 0. The molecule has 0 spiro atoms. The molecular weight excluding hydrogens is 462 g/mol. The molecular formula is C28H18BrNS. The number of anilines is 3. The Bertz CT molecular complexity index is 1550. The highest BCUT2D eigenvalue weighted by Gasteiger charge is 2.17. The van der Waals surface area contributed by atoms with Gasteiger partial charge in [-0.25, -0.2) is 0 Å². The van der Waals surface area contributed by atoms with Gasteiger partial charge in [0, 0.05) is 41.7 Å². The van der Waals surface area contributed by atoms with Crippen LogP contribution < -0.4 is 4.90 Å². The van der Waals surface area contributed by atoms with E-state index < -0.39 is 0 Å². The molecule has 0 fully saturated rings. The first kappa shape index (κ1) is 18.6. The topological polar surface area (TPSA) is 3.24 Å². The Morgan fingerprint density at radius 3 is 2.16 bits per heavy atom. The van der Waals surface area contributed by atoms with Gasteiger partial charge in [-0.05, 0) is 69.2 Å². The van der Waals surface area contributed by atoms with Gasteiger partial charge in [-0.3, -0.25) is 0 Å². The van der Waals surface area contributed by atoms with E-state index in [-0.39, 0.29) is 0 Å². The Kier molecular flexibility index (Phi) is 4.52. The van der Waals surface area contributed by atoms with Crippen molar-refractivity contribution < 1.29 is 0 Å². The van der Waals surface area contributed by atoms with Crippen molar-refractivity contribution in [3.8, 4) is 0 Å². The lowest BCUT2D eigenvalue weighted by atomic mass is 10.1. The van der Waals surface area contributed by atoms with Crippen molar-refractivity contribution in [2.24, 2.45) is 0 Å². The lowest BCUT2D eigenvalue weighted by molar-refractivity contribution is 1.29. The zero-order valence-electron chi connectivity index (χ0n) is 16.6. The van der Waals surface area contributed by atoms with Crippen LogP contribution in [-0.4, -0.2) is 0 Å². The maximum Gasteiger partial charge on any atom is 0.0499 e. The zero-order chi connectivity index (χ0) is 20.8. The predicted molar refractivity (Wildman–Crippen MR) is 139 cm³/mol. The van der Waals surface area contributed by atoms with E-state index in [1.54, 1.807) is 0 Å². The SMILES string of the molecule is Brc1cc(N(c2ccccc2)c2ccc3ccccc3c2)cc2c1sc1ccccc12. The van der Waals surface area contributed by atoms with Gasteiger partial charge in [0.05, 0.1) is 0 Å². The summed E-state index contributed by atoms with van der Waals surface area (Å²) in [7, 11) is 0. The molecule has 0 radical (unpaired) electrons. The quantitative estimate of drug-likeness (QED) is 0.244. The second-order valence-corrected chi connectivity index (χ2v) is 9.51. The largest absolute Gasteiger partial charge is 0.310 e. The minimum absolute atomic E-state index is 1.13. The lowest BCUT2D eigenvalue weighted by Gasteiger charge is -2.26. The first-order chi connectivity index (χ1) is 15.3. The molecule has 0 aliphatic heterocycles. The van der Waals surface area contributed by atoms with E-state index in [9.17, 15) is 0 Å². The third-order valence-electron chi connectivity index (χ3n) is 5.68. The molecule has 0 aliphatic rings. The maximum absolute atomic E-state index is 3.86. The summed E-state index contributed by atoms with van der Waals surface area (Å²) in [4.78, 5) is 2.34. The standard InChI is InChI=1S/C28H18BrNS/c29-26-18-23(17-25-24-12-6-7-13-27(24)31-28(25)26)30(21-10-2-1-3-11-21)22-15-14-19-8-4-5-9-20(19)16-22/h1-18H. The van der Waals surface area contributed by atoms with Crippen molar-refractivity contribution in [1.82, 2.24) is 0 Å². The zero-order valence-corrected chi connectivity index (χ0v) is 19.0. The molecule has 0 aliphatic carbocycles. The second-order valence-electron chi connectivity index (χ2n) is 7.60. The van der Waals surface area contributed by atoms with E-state index >= 15 is 0 Å². The summed E-state index contributed by atoms with van der Waals surface area (Å²) in [6.07, 6.45) is 0. The van der Waals surface area contributed by atoms with Gasteiger partial charge in [-0.1, -0.05) is 66.7 Å². The van der Waals surface area contributed by atoms with Crippen LogP contribution in [0.2, 0.25) is 0 Å². The first-order valence-electron chi connectivity index (χ1n) is 10.2. The van der Waals surface area contributed by atoms with Crippen LogP contribution in [-0.2, 0) is 0 Å². The summed E-state index contributed by atoms with van der Waals surface area (Å²) >= 11 is 5.70. The molecule has 3 heteroatoms. The van der Waals surface area contributed by atoms with Gasteiger partial charge in [-0.2, -0.15) is 0 Å². The first-order valence-corrected chi connectivity index (χ1v) is 11.8. The normalized spacial score (nSPS) is 11.4. The molecule has 0 bridgehead atoms. The van der Waals surface area contributed by atoms with E-state index in [1.807, 2.05) is 11.3 Å². The van der Waals surface area contributed by atoms with Crippen molar-refractivity contribution >= 4 is 75.3 Å². The van der Waals surface area contributed by atoms with E-state index in [0.29, 0.717) is 0 Å². The van der Waals surface area contributed by atoms with Gasteiger partial charge in [0.25, 0.3) is 0 Å². The van der Waals surface area contributed by atoms with Crippen LogP contribution in [0.4, 0.5) is 17.1 Å². The van der Waals surface area contributed by atoms with Crippen molar-refractivity contribution in [3.05, 3.63) is 114 Å². The van der Waals surface area contributed by atoms with Gasteiger partial charge in [0.1, 0.15) is 0 Å². The van der Waals surface area contributed by atoms with Gasteiger partial charge in [0.15, 0.2) is 0 Å². The summed E-state index contributed by atoms with van der Waals surface area (Å²) in [6, 6.07) is 39.0. The minimum Gasteiger partial charge on any atom is -0.310 e. The Hall–Kier alpha value is -3.14. The molecule has 0 amide bonds. The molecule has 0 unspecified atom stereocenters. The van der Waals surface area contributed by atoms with Crippen molar-refractivity contribution in [2.75, 3.05) is 4.90 Å². The number of benzene rings is 5. The van der Waals surface area contributed by atoms with Gasteiger partial charge in [0.2, 0.25) is 0 Å².